The molecule has 4 rings (SSSR count). The highest BCUT2D eigenvalue weighted by Gasteiger charge is 2.12. The largest absolute Gasteiger partial charge is 0.489 e. The highest BCUT2D eigenvalue weighted by Crippen LogP contribution is 2.31. The Balaban J connectivity index is 1.60. The molecule has 0 saturated heterocycles. The van der Waals surface area contributed by atoms with Gasteiger partial charge in [-0.1, -0.05) is 42.5 Å². The third-order valence-electron chi connectivity index (χ3n) is 3.96. The molecule has 2 aromatic heterocycles. The van der Waals surface area contributed by atoms with Crippen LogP contribution in [0, 0.1) is 0 Å². The Morgan fingerprint density at radius 2 is 1.88 bits per heavy atom. The molecule has 3 N–H and O–H groups in total. The number of aromatic amines is 1. The molecule has 26 heavy (non-hydrogen) atoms. The maximum Gasteiger partial charge on any atom is 0.220 e. The lowest BCUT2D eigenvalue weighted by molar-refractivity contribution is 0.306. The Bertz CT molecular complexity index is 1010. The van der Waals surface area contributed by atoms with E-state index in [0.29, 0.717) is 6.61 Å². The molecule has 0 aliphatic rings. The molecule has 0 bridgehead atoms. The molecule has 0 atom stereocenters. The number of benzene rings is 2. The summed E-state index contributed by atoms with van der Waals surface area (Å²) in [7, 11) is 0. The Morgan fingerprint density at radius 3 is 2.73 bits per heavy atom. The van der Waals surface area contributed by atoms with Gasteiger partial charge in [-0.3, -0.25) is 5.10 Å². The molecule has 0 saturated carbocycles. The van der Waals surface area contributed by atoms with E-state index in [4.69, 9.17) is 10.5 Å². The van der Waals surface area contributed by atoms with Crippen LogP contribution in [0.3, 0.4) is 0 Å². The van der Waals surface area contributed by atoms with Crippen molar-refractivity contribution in [3.05, 3.63) is 78.6 Å². The van der Waals surface area contributed by atoms with Crippen LogP contribution in [-0.2, 0) is 6.61 Å². The van der Waals surface area contributed by atoms with Crippen LogP contribution in [0.4, 0.5) is 5.95 Å². The monoisotopic (exact) mass is 343 g/mol. The van der Waals surface area contributed by atoms with Gasteiger partial charge in [0.05, 0.1) is 17.6 Å². The Hall–Kier alpha value is -3.67. The molecule has 0 aliphatic carbocycles. The maximum absolute atomic E-state index is 5.92. The van der Waals surface area contributed by atoms with E-state index in [-0.39, 0.29) is 5.95 Å². The van der Waals surface area contributed by atoms with Crippen molar-refractivity contribution >= 4 is 5.95 Å². The van der Waals surface area contributed by atoms with Crippen LogP contribution in [0.2, 0.25) is 0 Å². The van der Waals surface area contributed by atoms with Crippen molar-refractivity contribution in [2.75, 3.05) is 5.73 Å². The Morgan fingerprint density at radius 1 is 1.00 bits per heavy atom. The van der Waals surface area contributed by atoms with Crippen molar-refractivity contribution in [2.24, 2.45) is 0 Å². The van der Waals surface area contributed by atoms with Gasteiger partial charge in [-0.15, -0.1) is 0 Å². The van der Waals surface area contributed by atoms with E-state index in [2.05, 4.69) is 20.2 Å². The third kappa shape index (κ3) is 3.39. The summed E-state index contributed by atoms with van der Waals surface area (Å²) in [6.45, 7) is 0.516. The first-order valence-corrected chi connectivity index (χ1v) is 8.19. The van der Waals surface area contributed by atoms with E-state index < -0.39 is 0 Å². The number of H-pyrrole nitrogens is 1. The molecule has 0 aliphatic heterocycles. The van der Waals surface area contributed by atoms with Crippen LogP contribution < -0.4 is 10.5 Å². The smallest absolute Gasteiger partial charge is 0.220 e. The lowest BCUT2D eigenvalue weighted by Crippen LogP contribution is -1.96. The first kappa shape index (κ1) is 15.8. The van der Waals surface area contributed by atoms with Crippen LogP contribution in [0.5, 0.6) is 5.75 Å². The van der Waals surface area contributed by atoms with Gasteiger partial charge in [-0.2, -0.15) is 5.10 Å². The van der Waals surface area contributed by atoms with Crippen LogP contribution in [0.15, 0.2) is 73.1 Å². The van der Waals surface area contributed by atoms with Gasteiger partial charge in [-0.25, -0.2) is 9.97 Å². The van der Waals surface area contributed by atoms with Gasteiger partial charge in [0.1, 0.15) is 12.4 Å². The van der Waals surface area contributed by atoms with Crippen LogP contribution in [-0.4, -0.2) is 20.2 Å². The average molecular weight is 343 g/mol. The summed E-state index contributed by atoms with van der Waals surface area (Å²) in [5.41, 5.74) is 10.2. The SMILES string of the molecule is Nc1nccc(-c2cn[nH]c2-c2cccc(OCc3ccccc3)c2)n1. The highest BCUT2D eigenvalue weighted by molar-refractivity contribution is 5.79. The minimum atomic E-state index is 0.231. The number of hydrogen-bond donors (Lipinski definition) is 2. The molecule has 0 unspecified atom stereocenters. The third-order valence-corrected chi connectivity index (χ3v) is 3.96. The van der Waals surface area contributed by atoms with Gasteiger partial charge in [0.2, 0.25) is 5.95 Å². The van der Waals surface area contributed by atoms with Crippen molar-refractivity contribution in [3.8, 4) is 28.3 Å². The number of nitrogen functional groups attached to an aromatic ring is 1. The van der Waals surface area contributed by atoms with E-state index in [0.717, 1.165) is 33.8 Å². The van der Waals surface area contributed by atoms with Crippen molar-refractivity contribution in [3.63, 3.8) is 0 Å². The first-order valence-electron chi connectivity index (χ1n) is 8.19. The van der Waals surface area contributed by atoms with E-state index in [9.17, 15) is 0 Å². The van der Waals surface area contributed by atoms with Crippen molar-refractivity contribution in [1.82, 2.24) is 20.2 Å². The zero-order chi connectivity index (χ0) is 17.8. The summed E-state index contributed by atoms with van der Waals surface area (Å²) in [6.07, 6.45) is 3.36. The fraction of sp³-hybridized carbons (Fsp3) is 0.0500. The fourth-order valence-electron chi connectivity index (χ4n) is 2.71. The quantitative estimate of drug-likeness (QED) is 0.577. The summed E-state index contributed by atoms with van der Waals surface area (Å²) in [6, 6.07) is 19.7. The van der Waals surface area contributed by atoms with Crippen molar-refractivity contribution in [1.29, 1.82) is 0 Å². The maximum atomic E-state index is 5.92. The summed E-state index contributed by atoms with van der Waals surface area (Å²) < 4.78 is 5.92. The average Bonchev–Trinajstić information content (AvgIpc) is 3.17. The zero-order valence-corrected chi connectivity index (χ0v) is 14.0. The number of anilines is 1. The molecule has 4 aromatic rings. The molecule has 0 fully saturated rings. The molecule has 6 nitrogen and oxygen atoms in total. The second-order valence-corrected chi connectivity index (χ2v) is 5.76. The van der Waals surface area contributed by atoms with Gasteiger partial charge in [0.25, 0.3) is 0 Å². The summed E-state index contributed by atoms with van der Waals surface area (Å²) >= 11 is 0. The topological polar surface area (TPSA) is 89.7 Å². The number of nitrogens with one attached hydrogen (secondary N) is 1. The highest BCUT2D eigenvalue weighted by atomic mass is 16.5. The van der Waals surface area contributed by atoms with E-state index in [1.165, 1.54) is 0 Å². The van der Waals surface area contributed by atoms with Gasteiger partial charge in [0, 0.05) is 17.3 Å². The summed E-state index contributed by atoms with van der Waals surface area (Å²) in [5, 5.41) is 7.19. The molecule has 6 heteroatoms. The molecular weight excluding hydrogens is 326 g/mol. The molecule has 0 spiro atoms. The molecule has 0 amide bonds. The first-order chi connectivity index (χ1) is 12.8. The Kier molecular flexibility index (Phi) is 4.30. The number of ether oxygens (including phenoxy) is 1. The standard InChI is InChI=1S/C20H17N5O/c21-20-22-10-9-18(24-20)17-12-23-25-19(17)15-7-4-8-16(11-15)26-13-14-5-2-1-3-6-14/h1-12H,13H2,(H,23,25)(H2,21,22,24). The predicted molar refractivity (Wildman–Crippen MR) is 100 cm³/mol. The molecule has 2 heterocycles. The van der Waals surface area contributed by atoms with Crippen molar-refractivity contribution < 1.29 is 4.74 Å². The van der Waals surface area contributed by atoms with Gasteiger partial charge in [-0.05, 0) is 23.8 Å². The second kappa shape index (κ2) is 7.06. The predicted octanol–water partition coefficient (Wildman–Crippen LogP) is 3.69. The number of rotatable bonds is 5. The van der Waals surface area contributed by atoms with E-state index >= 15 is 0 Å². The normalized spacial score (nSPS) is 10.6. The molecule has 0 radical (unpaired) electrons. The molecule has 2 aromatic carbocycles. The minimum Gasteiger partial charge on any atom is -0.489 e. The molecular formula is C20H17N5O. The minimum absolute atomic E-state index is 0.231. The lowest BCUT2D eigenvalue weighted by Gasteiger charge is -2.09. The second-order valence-electron chi connectivity index (χ2n) is 5.76. The van der Waals surface area contributed by atoms with Gasteiger partial charge in [0.15, 0.2) is 0 Å². The van der Waals surface area contributed by atoms with Crippen molar-refractivity contribution in [2.45, 2.75) is 6.61 Å². The lowest BCUT2D eigenvalue weighted by atomic mass is 10.1. The van der Waals surface area contributed by atoms with E-state index in [1.54, 1.807) is 18.5 Å². The number of aromatic nitrogens is 4. The van der Waals surface area contributed by atoms with Gasteiger partial charge >= 0.3 is 0 Å². The Labute approximate surface area is 150 Å². The van der Waals surface area contributed by atoms with Gasteiger partial charge < -0.3 is 10.5 Å². The fourth-order valence-corrected chi connectivity index (χ4v) is 2.71. The van der Waals surface area contributed by atoms with Crippen LogP contribution >= 0.6 is 0 Å². The molecule has 128 valence electrons. The van der Waals surface area contributed by atoms with Crippen LogP contribution in [0.25, 0.3) is 22.5 Å². The zero-order valence-electron chi connectivity index (χ0n) is 14.0. The summed E-state index contributed by atoms with van der Waals surface area (Å²) in [4.78, 5) is 8.21. The summed E-state index contributed by atoms with van der Waals surface area (Å²) in [5.74, 6) is 1.02. The number of nitrogens with zero attached hydrogens (tertiary/aromatic N) is 3. The van der Waals surface area contributed by atoms with Crippen LogP contribution in [0.1, 0.15) is 5.56 Å². The number of hydrogen-bond acceptors (Lipinski definition) is 5. The number of nitrogens with two attached hydrogens (primary N) is 1. The van der Waals surface area contributed by atoms with E-state index in [1.807, 2.05) is 54.6 Å².